The highest BCUT2D eigenvalue weighted by Gasteiger charge is 2.32. The maximum Gasteiger partial charge on any atom is 0.307 e. The van der Waals surface area contributed by atoms with Crippen LogP contribution in [0.15, 0.2) is 18.2 Å². The average molecular weight is 321 g/mol. The van der Waals surface area contributed by atoms with E-state index in [2.05, 4.69) is 11.8 Å². The van der Waals surface area contributed by atoms with Crippen molar-refractivity contribution in [2.45, 2.75) is 32.2 Å². The number of hydrogen-bond acceptors (Lipinski definition) is 3. The van der Waals surface area contributed by atoms with Crippen LogP contribution >= 0.6 is 0 Å². The normalized spacial score (nSPS) is 13.0. The van der Waals surface area contributed by atoms with E-state index in [1.807, 2.05) is 0 Å². The zero-order valence-corrected chi connectivity index (χ0v) is 12.8. The van der Waals surface area contributed by atoms with Crippen molar-refractivity contribution in [3.05, 3.63) is 35.4 Å². The molecule has 4 nitrogen and oxygen atoms in total. The summed E-state index contributed by atoms with van der Waals surface area (Å²) in [5, 5.41) is 0. The number of carbonyl (C=O) groups excluding carboxylic acids is 2. The van der Waals surface area contributed by atoms with Crippen LogP contribution in [-0.4, -0.2) is 36.0 Å². The Morgan fingerprint density at radius 1 is 1.30 bits per heavy atom. The third kappa shape index (κ3) is 5.06. The SMILES string of the molecule is CCOC(=O)CCN(C(=O)C#Cc1ccc(F)c(F)c1)C1CC1. The first kappa shape index (κ1) is 16.9. The highest BCUT2D eigenvalue weighted by molar-refractivity contribution is 5.94. The number of halogens is 2. The van der Waals surface area contributed by atoms with Crippen LogP contribution in [-0.2, 0) is 14.3 Å². The number of esters is 1. The second-order valence-corrected chi connectivity index (χ2v) is 5.16. The Morgan fingerprint density at radius 3 is 2.65 bits per heavy atom. The molecular formula is C17H17F2NO3. The van der Waals surface area contributed by atoms with E-state index in [1.165, 1.54) is 11.0 Å². The van der Waals surface area contributed by atoms with E-state index >= 15 is 0 Å². The average Bonchev–Trinajstić information content (AvgIpc) is 3.34. The predicted octanol–water partition coefficient (Wildman–Crippen LogP) is 2.26. The van der Waals surface area contributed by atoms with Gasteiger partial charge in [-0.15, -0.1) is 0 Å². The van der Waals surface area contributed by atoms with Crippen LogP contribution in [0.4, 0.5) is 8.78 Å². The lowest BCUT2D eigenvalue weighted by atomic mass is 10.2. The molecule has 122 valence electrons. The summed E-state index contributed by atoms with van der Waals surface area (Å²) in [6, 6.07) is 3.30. The van der Waals surface area contributed by atoms with Gasteiger partial charge in [0.15, 0.2) is 11.6 Å². The fourth-order valence-corrected chi connectivity index (χ4v) is 2.05. The molecule has 1 aromatic rings. The van der Waals surface area contributed by atoms with Gasteiger partial charge in [-0.25, -0.2) is 8.78 Å². The Balaban J connectivity index is 2.00. The largest absolute Gasteiger partial charge is 0.466 e. The number of ether oxygens (including phenoxy) is 1. The third-order valence-corrected chi connectivity index (χ3v) is 3.34. The van der Waals surface area contributed by atoms with E-state index < -0.39 is 17.5 Å². The molecule has 1 amide bonds. The molecule has 23 heavy (non-hydrogen) atoms. The van der Waals surface area contributed by atoms with Crippen LogP contribution < -0.4 is 0 Å². The minimum absolute atomic E-state index is 0.0937. The monoisotopic (exact) mass is 321 g/mol. The molecule has 0 spiro atoms. The van der Waals surface area contributed by atoms with Crippen LogP contribution in [0.3, 0.4) is 0 Å². The predicted molar refractivity (Wildman–Crippen MR) is 79.2 cm³/mol. The van der Waals surface area contributed by atoms with Crippen molar-refractivity contribution in [3.63, 3.8) is 0 Å². The minimum atomic E-state index is -1.01. The quantitative estimate of drug-likeness (QED) is 0.617. The number of benzene rings is 1. The van der Waals surface area contributed by atoms with Gasteiger partial charge in [-0.2, -0.15) is 0 Å². The minimum Gasteiger partial charge on any atom is -0.466 e. The number of rotatable bonds is 5. The van der Waals surface area contributed by atoms with Crippen molar-refractivity contribution in [3.8, 4) is 11.8 Å². The van der Waals surface area contributed by atoms with E-state index in [-0.39, 0.29) is 30.5 Å². The second-order valence-electron chi connectivity index (χ2n) is 5.16. The molecule has 0 atom stereocenters. The summed E-state index contributed by atoms with van der Waals surface area (Å²) < 4.78 is 30.8. The molecule has 2 rings (SSSR count). The van der Waals surface area contributed by atoms with Crippen molar-refractivity contribution < 1.29 is 23.1 Å². The van der Waals surface area contributed by atoms with Crippen LogP contribution in [0.25, 0.3) is 0 Å². The summed E-state index contributed by atoms with van der Waals surface area (Å²) in [7, 11) is 0. The van der Waals surface area contributed by atoms with Gasteiger partial charge in [0.25, 0.3) is 5.91 Å². The summed E-state index contributed by atoms with van der Waals surface area (Å²) in [4.78, 5) is 25.1. The Labute approximate surface area is 133 Å². The number of carbonyl (C=O) groups is 2. The van der Waals surface area contributed by atoms with Crippen LogP contribution in [0.5, 0.6) is 0 Å². The fraction of sp³-hybridized carbons (Fsp3) is 0.412. The van der Waals surface area contributed by atoms with Gasteiger partial charge < -0.3 is 9.64 Å². The van der Waals surface area contributed by atoms with Crippen molar-refractivity contribution in [1.29, 1.82) is 0 Å². The Kier molecular flexibility index (Phi) is 5.69. The standard InChI is InChI=1S/C17H17F2NO3/c1-2-23-17(22)9-10-20(13-5-6-13)16(21)8-4-12-3-7-14(18)15(19)11-12/h3,7,11,13H,2,5-6,9-10H2,1H3. The van der Waals surface area contributed by atoms with Gasteiger partial charge in [-0.05, 0) is 38.0 Å². The molecule has 0 bridgehead atoms. The second kappa shape index (κ2) is 7.73. The Hall–Kier alpha value is -2.42. The molecule has 0 radical (unpaired) electrons. The van der Waals surface area contributed by atoms with E-state index in [0.717, 1.165) is 25.0 Å². The molecule has 1 aliphatic carbocycles. The molecule has 0 heterocycles. The Bertz CT molecular complexity index is 660. The van der Waals surface area contributed by atoms with Gasteiger partial charge in [0.1, 0.15) is 0 Å². The van der Waals surface area contributed by atoms with Crippen LogP contribution in [0.2, 0.25) is 0 Å². The molecule has 0 saturated heterocycles. The van der Waals surface area contributed by atoms with Crippen molar-refractivity contribution >= 4 is 11.9 Å². The molecular weight excluding hydrogens is 304 g/mol. The molecule has 0 unspecified atom stereocenters. The first-order valence-corrected chi connectivity index (χ1v) is 7.44. The highest BCUT2D eigenvalue weighted by Crippen LogP contribution is 2.27. The number of hydrogen-bond donors (Lipinski definition) is 0. The summed E-state index contributed by atoms with van der Waals surface area (Å²) >= 11 is 0. The lowest BCUT2D eigenvalue weighted by molar-refractivity contribution is -0.143. The van der Waals surface area contributed by atoms with Gasteiger partial charge in [0.05, 0.1) is 13.0 Å². The molecule has 6 heteroatoms. The van der Waals surface area contributed by atoms with Crippen molar-refractivity contribution in [2.24, 2.45) is 0 Å². The van der Waals surface area contributed by atoms with Crippen molar-refractivity contribution in [1.82, 2.24) is 4.90 Å². The number of amides is 1. The Morgan fingerprint density at radius 2 is 2.04 bits per heavy atom. The molecule has 0 N–H and O–H groups in total. The summed E-state index contributed by atoms with van der Waals surface area (Å²) in [6.07, 6.45) is 1.87. The molecule has 1 saturated carbocycles. The van der Waals surface area contributed by atoms with Gasteiger partial charge in [0.2, 0.25) is 0 Å². The fourth-order valence-electron chi connectivity index (χ4n) is 2.05. The molecule has 1 fully saturated rings. The maximum absolute atomic E-state index is 13.1. The van der Waals surface area contributed by atoms with E-state index in [0.29, 0.717) is 6.61 Å². The topological polar surface area (TPSA) is 46.6 Å². The smallest absolute Gasteiger partial charge is 0.307 e. The summed E-state index contributed by atoms with van der Waals surface area (Å²) in [5.74, 6) is 2.18. The summed E-state index contributed by atoms with van der Waals surface area (Å²) in [6.45, 7) is 2.26. The maximum atomic E-state index is 13.1. The van der Waals surface area contributed by atoms with E-state index in [1.54, 1.807) is 6.92 Å². The third-order valence-electron chi connectivity index (χ3n) is 3.34. The zero-order valence-electron chi connectivity index (χ0n) is 12.8. The first-order valence-electron chi connectivity index (χ1n) is 7.44. The molecule has 0 aromatic heterocycles. The highest BCUT2D eigenvalue weighted by atomic mass is 19.2. The van der Waals surface area contributed by atoms with Gasteiger partial charge in [0, 0.05) is 24.1 Å². The van der Waals surface area contributed by atoms with Gasteiger partial charge >= 0.3 is 5.97 Å². The van der Waals surface area contributed by atoms with Gasteiger partial charge in [-0.3, -0.25) is 9.59 Å². The van der Waals surface area contributed by atoms with Crippen LogP contribution in [0.1, 0.15) is 31.7 Å². The number of nitrogens with zero attached hydrogens (tertiary/aromatic N) is 1. The van der Waals surface area contributed by atoms with Crippen LogP contribution in [0, 0.1) is 23.5 Å². The zero-order chi connectivity index (χ0) is 16.8. The molecule has 0 aliphatic heterocycles. The lowest BCUT2D eigenvalue weighted by Crippen LogP contribution is -2.34. The first-order chi connectivity index (χ1) is 11.0. The summed E-state index contributed by atoms with van der Waals surface area (Å²) in [5.41, 5.74) is 0.221. The van der Waals surface area contributed by atoms with E-state index in [9.17, 15) is 18.4 Å². The van der Waals surface area contributed by atoms with E-state index in [4.69, 9.17) is 4.74 Å². The lowest BCUT2D eigenvalue weighted by Gasteiger charge is -2.18. The van der Waals surface area contributed by atoms with Crippen molar-refractivity contribution in [2.75, 3.05) is 13.2 Å². The molecule has 1 aliphatic rings. The van der Waals surface area contributed by atoms with Gasteiger partial charge in [-0.1, -0.05) is 5.92 Å². The molecule has 1 aromatic carbocycles.